The molecule has 1 nitrogen and oxygen atoms in total. The van der Waals surface area contributed by atoms with Crippen LogP contribution in [0.3, 0.4) is 0 Å². The Hall–Kier alpha value is -0.0400. The normalized spacial score (nSPS) is 47.2. The van der Waals surface area contributed by atoms with Crippen LogP contribution in [0.15, 0.2) is 0 Å². The smallest absolute Gasteiger partial charge is 0.0155 e. The maximum absolute atomic E-state index is 6.25. The largest absolute Gasteiger partial charge is 0.325 e. The average Bonchev–Trinajstić information content (AvgIpc) is 2.70. The van der Waals surface area contributed by atoms with E-state index in [0.29, 0.717) is 10.8 Å². The summed E-state index contributed by atoms with van der Waals surface area (Å²) >= 11 is 0. The summed E-state index contributed by atoms with van der Waals surface area (Å²) in [6, 6.07) is 0. The molecule has 92 valence electrons. The second-order valence-corrected chi connectivity index (χ2v) is 7.87. The average molecular weight is 221 g/mol. The standard InChI is InChI=1S/C15H27N/c1-13(2)11-4-6-14(3,10-11)12(13)5-7-15(16)8-9-15/h11-12H,4-10,16H2,1-3H3. The van der Waals surface area contributed by atoms with Crippen molar-refractivity contribution in [3.63, 3.8) is 0 Å². The molecule has 0 aromatic rings. The first-order chi connectivity index (χ1) is 7.36. The van der Waals surface area contributed by atoms with Gasteiger partial charge in [0, 0.05) is 5.54 Å². The molecule has 0 amide bonds. The van der Waals surface area contributed by atoms with Crippen molar-refractivity contribution in [3.05, 3.63) is 0 Å². The molecule has 3 aliphatic rings. The summed E-state index contributed by atoms with van der Waals surface area (Å²) in [5.41, 5.74) is 7.75. The first-order valence-electron chi connectivity index (χ1n) is 7.15. The molecule has 3 atom stereocenters. The van der Waals surface area contributed by atoms with Gasteiger partial charge in [-0.2, -0.15) is 0 Å². The van der Waals surface area contributed by atoms with Crippen LogP contribution in [0.1, 0.15) is 65.7 Å². The Labute approximate surface area is 100 Å². The van der Waals surface area contributed by atoms with Gasteiger partial charge in [-0.25, -0.2) is 0 Å². The number of hydrogen-bond donors (Lipinski definition) is 1. The SMILES string of the molecule is CC12CCC(C1)C(C)(C)C2CCC1(N)CC1. The van der Waals surface area contributed by atoms with Crippen molar-refractivity contribution in [1.82, 2.24) is 0 Å². The molecule has 1 heteroatoms. The Morgan fingerprint density at radius 3 is 2.31 bits per heavy atom. The quantitative estimate of drug-likeness (QED) is 0.772. The van der Waals surface area contributed by atoms with Gasteiger partial charge in [0.05, 0.1) is 0 Å². The lowest BCUT2D eigenvalue weighted by molar-refractivity contribution is 0.0632. The number of rotatable bonds is 3. The Bertz CT molecular complexity index is 298. The van der Waals surface area contributed by atoms with Gasteiger partial charge in [-0.15, -0.1) is 0 Å². The Morgan fingerprint density at radius 1 is 1.12 bits per heavy atom. The summed E-state index contributed by atoms with van der Waals surface area (Å²) < 4.78 is 0. The van der Waals surface area contributed by atoms with Crippen molar-refractivity contribution in [2.75, 3.05) is 0 Å². The Balaban J connectivity index is 1.72. The predicted octanol–water partition coefficient (Wildman–Crippen LogP) is 3.72. The monoisotopic (exact) mass is 221 g/mol. The molecule has 0 aromatic heterocycles. The van der Waals surface area contributed by atoms with Crippen LogP contribution in [0.4, 0.5) is 0 Å². The molecule has 0 heterocycles. The summed E-state index contributed by atoms with van der Waals surface area (Å²) in [6.07, 6.45) is 9.67. The molecule has 3 rings (SSSR count). The predicted molar refractivity (Wildman–Crippen MR) is 68.1 cm³/mol. The molecule has 2 bridgehead atoms. The Morgan fingerprint density at radius 2 is 1.81 bits per heavy atom. The molecule has 3 aliphatic carbocycles. The summed E-state index contributed by atoms with van der Waals surface area (Å²) in [5, 5.41) is 0. The highest BCUT2D eigenvalue weighted by atomic mass is 14.8. The maximum Gasteiger partial charge on any atom is 0.0155 e. The van der Waals surface area contributed by atoms with Gasteiger partial charge >= 0.3 is 0 Å². The highest BCUT2D eigenvalue weighted by molar-refractivity contribution is 5.09. The van der Waals surface area contributed by atoms with Gasteiger partial charge in [-0.1, -0.05) is 20.8 Å². The van der Waals surface area contributed by atoms with Gasteiger partial charge in [0.1, 0.15) is 0 Å². The number of fused-ring (bicyclic) bond motifs is 2. The molecule has 0 radical (unpaired) electrons. The summed E-state index contributed by atoms with van der Waals surface area (Å²) in [5.74, 6) is 1.93. The van der Waals surface area contributed by atoms with E-state index in [2.05, 4.69) is 20.8 Å². The lowest BCUT2D eigenvalue weighted by Crippen LogP contribution is -2.36. The van der Waals surface area contributed by atoms with Crippen LogP contribution in [0, 0.1) is 22.7 Å². The minimum Gasteiger partial charge on any atom is -0.325 e. The van der Waals surface area contributed by atoms with E-state index in [1.807, 2.05) is 0 Å². The zero-order chi connectivity index (χ0) is 11.6. The third-order valence-electron chi connectivity index (χ3n) is 6.39. The van der Waals surface area contributed by atoms with Crippen molar-refractivity contribution in [3.8, 4) is 0 Å². The van der Waals surface area contributed by atoms with Crippen molar-refractivity contribution in [2.45, 2.75) is 71.3 Å². The summed E-state index contributed by atoms with van der Waals surface area (Å²) in [6.45, 7) is 7.58. The number of hydrogen-bond acceptors (Lipinski definition) is 1. The molecule has 3 unspecified atom stereocenters. The van der Waals surface area contributed by atoms with Crippen LogP contribution in [0.5, 0.6) is 0 Å². The van der Waals surface area contributed by atoms with Crippen LogP contribution >= 0.6 is 0 Å². The van der Waals surface area contributed by atoms with Gasteiger partial charge in [0.15, 0.2) is 0 Å². The van der Waals surface area contributed by atoms with Crippen LogP contribution in [0.25, 0.3) is 0 Å². The molecule has 0 saturated heterocycles. The van der Waals surface area contributed by atoms with Gasteiger partial charge in [-0.3, -0.25) is 0 Å². The molecule has 2 N–H and O–H groups in total. The zero-order valence-corrected chi connectivity index (χ0v) is 11.2. The molecule has 0 aromatic carbocycles. The van der Waals surface area contributed by atoms with Gasteiger partial charge in [0.25, 0.3) is 0 Å². The molecule has 16 heavy (non-hydrogen) atoms. The second kappa shape index (κ2) is 3.04. The fourth-order valence-electron chi connectivity index (χ4n) is 4.97. The minimum atomic E-state index is 0.258. The highest BCUT2D eigenvalue weighted by Crippen LogP contribution is 2.67. The van der Waals surface area contributed by atoms with Crippen LogP contribution in [-0.2, 0) is 0 Å². The molecular weight excluding hydrogens is 194 g/mol. The lowest BCUT2D eigenvalue weighted by atomic mass is 9.62. The van der Waals surface area contributed by atoms with E-state index in [0.717, 1.165) is 11.8 Å². The maximum atomic E-state index is 6.25. The van der Waals surface area contributed by atoms with E-state index in [-0.39, 0.29) is 5.54 Å². The number of nitrogens with two attached hydrogens (primary N) is 1. The topological polar surface area (TPSA) is 26.0 Å². The Kier molecular flexibility index (Phi) is 2.11. The van der Waals surface area contributed by atoms with Gasteiger partial charge in [-0.05, 0) is 67.6 Å². The second-order valence-electron chi connectivity index (χ2n) is 7.87. The summed E-state index contributed by atoms with van der Waals surface area (Å²) in [7, 11) is 0. The van der Waals surface area contributed by atoms with E-state index in [9.17, 15) is 0 Å². The van der Waals surface area contributed by atoms with Crippen molar-refractivity contribution >= 4 is 0 Å². The molecule has 0 aliphatic heterocycles. The third-order valence-corrected chi connectivity index (χ3v) is 6.39. The van der Waals surface area contributed by atoms with Crippen LogP contribution in [-0.4, -0.2) is 5.54 Å². The van der Waals surface area contributed by atoms with E-state index in [4.69, 9.17) is 5.73 Å². The van der Waals surface area contributed by atoms with Gasteiger partial charge < -0.3 is 5.73 Å². The van der Waals surface area contributed by atoms with Crippen molar-refractivity contribution < 1.29 is 0 Å². The van der Waals surface area contributed by atoms with E-state index in [1.54, 1.807) is 0 Å². The first kappa shape index (κ1) is 11.1. The third kappa shape index (κ3) is 1.47. The minimum absolute atomic E-state index is 0.258. The van der Waals surface area contributed by atoms with Crippen LogP contribution in [0.2, 0.25) is 0 Å². The molecule has 0 spiro atoms. The summed E-state index contributed by atoms with van der Waals surface area (Å²) in [4.78, 5) is 0. The lowest BCUT2D eigenvalue weighted by Gasteiger charge is -2.43. The highest BCUT2D eigenvalue weighted by Gasteiger charge is 2.59. The fourth-order valence-corrected chi connectivity index (χ4v) is 4.97. The zero-order valence-electron chi connectivity index (χ0n) is 11.2. The van der Waals surface area contributed by atoms with E-state index in [1.165, 1.54) is 44.9 Å². The van der Waals surface area contributed by atoms with Crippen molar-refractivity contribution in [2.24, 2.45) is 28.4 Å². The molecular formula is C15H27N. The van der Waals surface area contributed by atoms with E-state index < -0.39 is 0 Å². The molecule has 3 fully saturated rings. The van der Waals surface area contributed by atoms with Crippen molar-refractivity contribution in [1.29, 1.82) is 0 Å². The first-order valence-corrected chi connectivity index (χ1v) is 7.15. The molecule has 3 saturated carbocycles. The van der Waals surface area contributed by atoms with Crippen LogP contribution < -0.4 is 5.73 Å². The van der Waals surface area contributed by atoms with E-state index >= 15 is 0 Å². The van der Waals surface area contributed by atoms with Gasteiger partial charge in [0.2, 0.25) is 0 Å². The fraction of sp³-hybridized carbons (Fsp3) is 1.00.